The largest absolute Gasteiger partial charge is 0.333 e. The van der Waals surface area contributed by atoms with Crippen molar-refractivity contribution in [2.24, 2.45) is 5.92 Å². The molecule has 2 aromatic rings. The van der Waals surface area contributed by atoms with Crippen LogP contribution in [-0.4, -0.2) is 35.4 Å². The Bertz CT molecular complexity index is 698. The van der Waals surface area contributed by atoms with Crippen LogP contribution in [0.5, 0.6) is 0 Å². The highest BCUT2D eigenvalue weighted by molar-refractivity contribution is 5.85. The number of rotatable bonds is 4. The second-order valence-corrected chi connectivity index (χ2v) is 6.23. The molecule has 2 unspecified atom stereocenters. The smallest absolute Gasteiger partial charge is 0.226 e. The number of nitrogens with zero attached hydrogens (tertiary/aromatic N) is 2. The Morgan fingerprint density at radius 1 is 1.36 bits per heavy atom. The molecular formula is C19H23ClFN3O. The monoisotopic (exact) mass is 363 g/mol. The van der Waals surface area contributed by atoms with E-state index in [1.165, 1.54) is 6.07 Å². The normalized spacial score (nSPS) is 18.3. The number of carbonyl (C=O) groups excluding carboxylic acids is 1. The molecule has 1 aromatic carbocycles. The number of pyridine rings is 1. The molecule has 2 heterocycles. The molecule has 1 aliphatic heterocycles. The maximum Gasteiger partial charge on any atom is 0.226 e. The third kappa shape index (κ3) is 4.55. The van der Waals surface area contributed by atoms with E-state index in [0.717, 1.165) is 12.1 Å². The van der Waals surface area contributed by atoms with Crippen molar-refractivity contribution >= 4 is 18.3 Å². The number of amides is 1. The van der Waals surface area contributed by atoms with Gasteiger partial charge in [0.1, 0.15) is 5.82 Å². The topological polar surface area (TPSA) is 45.2 Å². The molecule has 4 nitrogen and oxygen atoms in total. The maximum atomic E-state index is 13.9. The molecular weight excluding hydrogens is 341 g/mol. The van der Waals surface area contributed by atoms with Crippen molar-refractivity contribution in [3.8, 4) is 0 Å². The molecule has 3 rings (SSSR count). The third-order valence-corrected chi connectivity index (χ3v) is 4.50. The number of piperazine rings is 1. The van der Waals surface area contributed by atoms with Crippen LogP contribution in [0.4, 0.5) is 4.39 Å². The summed E-state index contributed by atoms with van der Waals surface area (Å²) in [7, 11) is 0. The van der Waals surface area contributed by atoms with Gasteiger partial charge < -0.3 is 10.2 Å². The van der Waals surface area contributed by atoms with E-state index in [1.54, 1.807) is 30.6 Å². The lowest BCUT2D eigenvalue weighted by atomic mass is 9.97. The van der Waals surface area contributed by atoms with Crippen LogP contribution in [0.1, 0.15) is 24.1 Å². The highest BCUT2D eigenvalue weighted by Gasteiger charge is 2.30. The summed E-state index contributed by atoms with van der Waals surface area (Å²) < 4.78 is 13.9. The van der Waals surface area contributed by atoms with Crippen molar-refractivity contribution in [3.63, 3.8) is 0 Å². The standard InChI is InChI=1S/C19H22FN3O.ClH/c1-14(11-15-5-2-3-7-17(15)20)19(24)23-10-9-22-13-18(23)16-6-4-8-21-12-16;/h2-8,12,14,18,22H,9-11,13H2,1H3;1H. The molecule has 0 bridgehead atoms. The molecule has 25 heavy (non-hydrogen) atoms. The Hall–Kier alpha value is -1.98. The minimum Gasteiger partial charge on any atom is -0.333 e. The fourth-order valence-corrected chi connectivity index (χ4v) is 3.20. The molecule has 0 radical (unpaired) electrons. The summed E-state index contributed by atoms with van der Waals surface area (Å²) in [5.41, 5.74) is 1.61. The first-order valence-corrected chi connectivity index (χ1v) is 8.31. The average molecular weight is 364 g/mol. The Kier molecular flexibility index (Phi) is 6.91. The van der Waals surface area contributed by atoms with Gasteiger partial charge in [-0.2, -0.15) is 0 Å². The molecule has 0 aliphatic carbocycles. The SMILES string of the molecule is CC(Cc1ccccc1F)C(=O)N1CCNCC1c1cccnc1.Cl. The van der Waals surface area contributed by atoms with Crippen molar-refractivity contribution in [1.29, 1.82) is 0 Å². The number of hydrogen-bond donors (Lipinski definition) is 1. The van der Waals surface area contributed by atoms with Gasteiger partial charge in [-0.1, -0.05) is 31.2 Å². The van der Waals surface area contributed by atoms with Crippen molar-refractivity contribution in [1.82, 2.24) is 15.2 Å². The maximum absolute atomic E-state index is 13.9. The van der Waals surface area contributed by atoms with Gasteiger partial charge in [-0.15, -0.1) is 12.4 Å². The van der Waals surface area contributed by atoms with Crippen molar-refractivity contribution in [2.75, 3.05) is 19.6 Å². The zero-order valence-electron chi connectivity index (χ0n) is 14.2. The summed E-state index contributed by atoms with van der Waals surface area (Å²) in [4.78, 5) is 19.0. The Labute approximate surface area is 153 Å². The molecule has 1 aromatic heterocycles. The zero-order valence-corrected chi connectivity index (χ0v) is 15.0. The van der Waals surface area contributed by atoms with Gasteiger partial charge in [-0.05, 0) is 29.7 Å². The zero-order chi connectivity index (χ0) is 16.9. The number of hydrogen-bond acceptors (Lipinski definition) is 3. The third-order valence-electron chi connectivity index (χ3n) is 4.50. The summed E-state index contributed by atoms with van der Waals surface area (Å²) in [6.07, 6.45) is 3.95. The van der Waals surface area contributed by atoms with Gasteiger partial charge in [0.05, 0.1) is 6.04 Å². The Morgan fingerprint density at radius 3 is 2.88 bits per heavy atom. The van der Waals surface area contributed by atoms with Crippen LogP contribution in [0.15, 0.2) is 48.8 Å². The second-order valence-electron chi connectivity index (χ2n) is 6.23. The van der Waals surface area contributed by atoms with Gasteiger partial charge in [0.2, 0.25) is 5.91 Å². The van der Waals surface area contributed by atoms with Crippen LogP contribution in [0.25, 0.3) is 0 Å². The van der Waals surface area contributed by atoms with Crippen LogP contribution >= 0.6 is 12.4 Å². The van der Waals surface area contributed by atoms with Gasteiger partial charge in [0, 0.05) is 37.9 Å². The van der Waals surface area contributed by atoms with E-state index in [9.17, 15) is 9.18 Å². The van der Waals surface area contributed by atoms with E-state index in [4.69, 9.17) is 0 Å². The fourth-order valence-electron chi connectivity index (χ4n) is 3.20. The number of halogens is 2. The van der Waals surface area contributed by atoms with Gasteiger partial charge in [0.25, 0.3) is 0 Å². The number of nitrogens with one attached hydrogen (secondary N) is 1. The van der Waals surface area contributed by atoms with Gasteiger partial charge >= 0.3 is 0 Å². The molecule has 0 saturated carbocycles. The van der Waals surface area contributed by atoms with E-state index in [2.05, 4.69) is 10.3 Å². The lowest BCUT2D eigenvalue weighted by molar-refractivity contribution is -0.138. The molecule has 6 heteroatoms. The summed E-state index contributed by atoms with van der Waals surface area (Å²) in [6, 6.07) is 10.5. The number of carbonyl (C=O) groups is 1. The van der Waals surface area contributed by atoms with Crippen molar-refractivity contribution < 1.29 is 9.18 Å². The van der Waals surface area contributed by atoms with Gasteiger partial charge in [-0.3, -0.25) is 9.78 Å². The fraction of sp³-hybridized carbons (Fsp3) is 0.368. The minimum absolute atomic E-state index is 0. The minimum atomic E-state index is -0.265. The highest BCUT2D eigenvalue weighted by Crippen LogP contribution is 2.24. The van der Waals surface area contributed by atoms with E-state index in [0.29, 0.717) is 25.1 Å². The molecule has 134 valence electrons. The lowest BCUT2D eigenvalue weighted by Crippen LogP contribution is -2.50. The van der Waals surface area contributed by atoms with Crippen LogP contribution in [0, 0.1) is 11.7 Å². The van der Waals surface area contributed by atoms with Crippen molar-refractivity contribution in [2.45, 2.75) is 19.4 Å². The first-order valence-electron chi connectivity index (χ1n) is 8.31. The molecule has 0 spiro atoms. The van der Waals surface area contributed by atoms with Gasteiger partial charge in [-0.25, -0.2) is 4.39 Å². The molecule has 2 atom stereocenters. The van der Waals surface area contributed by atoms with Crippen molar-refractivity contribution in [3.05, 3.63) is 65.7 Å². The van der Waals surface area contributed by atoms with E-state index >= 15 is 0 Å². The molecule has 1 fully saturated rings. The first kappa shape index (κ1) is 19.3. The quantitative estimate of drug-likeness (QED) is 0.908. The lowest BCUT2D eigenvalue weighted by Gasteiger charge is -2.38. The predicted octanol–water partition coefficient (Wildman–Crippen LogP) is 2.99. The molecule has 1 amide bonds. The van der Waals surface area contributed by atoms with E-state index in [-0.39, 0.29) is 36.1 Å². The molecule has 1 aliphatic rings. The summed E-state index contributed by atoms with van der Waals surface area (Å²) in [5, 5.41) is 3.33. The number of benzene rings is 1. The summed E-state index contributed by atoms with van der Waals surface area (Å²) in [6.45, 7) is 4.01. The predicted molar refractivity (Wildman–Crippen MR) is 98.1 cm³/mol. The Balaban J connectivity index is 0.00000225. The highest BCUT2D eigenvalue weighted by atomic mass is 35.5. The van der Waals surface area contributed by atoms with Crippen LogP contribution in [0.3, 0.4) is 0 Å². The first-order chi connectivity index (χ1) is 11.7. The van der Waals surface area contributed by atoms with E-state index in [1.807, 2.05) is 24.0 Å². The number of aromatic nitrogens is 1. The summed E-state index contributed by atoms with van der Waals surface area (Å²) in [5.74, 6) is -0.450. The van der Waals surface area contributed by atoms with Crippen LogP contribution in [0.2, 0.25) is 0 Å². The molecule has 1 N–H and O–H groups in total. The molecule has 1 saturated heterocycles. The van der Waals surface area contributed by atoms with Crippen LogP contribution < -0.4 is 5.32 Å². The Morgan fingerprint density at radius 2 is 2.16 bits per heavy atom. The second kappa shape index (κ2) is 8.92. The van der Waals surface area contributed by atoms with Crippen LogP contribution in [-0.2, 0) is 11.2 Å². The average Bonchev–Trinajstić information content (AvgIpc) is 2.63. The summed E-state index contributed by atoms with van der Waals surface area (Å²) >= 11 is 0. The van der Waals surface area contributed by atoms with Gasteiger partial charge in [0.15, 0.2) is 0 Å². The van der Waals surface area contributed by atoms with E-state index < -0.39 is 0 Å².